The Morgan fingerprint density at radius 1 is 1.06 bits per heavy atom. The van der Waals surface area contributed by atoms with Gasteiger partial charge in [-0.2, -0.15) is 0 Å². The molecule has 0 bridgehead atoms. The highest BCUT2D eigenvalue weighted by molar-refractivity contribution is 5.94. The van der Waals surface area contributed by atoms with Crippen LogP contribution in [-0.4, -0.2) is 25.0 Å². The minimum absolute atomic E-state index is 0.255. The quantitative estimate of drug-likeness (QED) is 0.382. The Labute approximate surface area is 103 Å². The summed E-state index contributed by atoms with van der Waals surface area (Å²) < 4.78 is 4.94. The number of hydrogen-bond acceptors (Lipinski definition) is 3. The summed E-state index contributed by atoms with van der Waals surface area (Å²) in [5, 5.41) is 2.64. The molecule has 17 heavy (non-hydrogen) atoms. The van der Waals surface area contributed by atoms with Crippen LogP contribution >= 0.6 is 0 Å². The molecule has 0 aromatic carbocycles. The maximum absolute atomic E-state index is 11.2. The van der Waals surface area contributed by atoms with E-state index in [0.29, 0.717) is 13.2 Å². The predicted octanol–water partition coefficient (Wildman–Crippen LogP) is 2.19. The minimum atomic E-state index is -0.451. The molecule has 0 aliphatic rings. The molecule has 0 saturated heterocycles. The van der Waals surface area contributed by atoms with Crippen molar-refractivity contribution in [2.24, 2.45) is 0 Å². The Bertz CT molecular complexity index is 249. The Morgan fingerprint density at radius 3 is 2.47 bits per heavy atom. The molecule has 0 spiro atoms. The van der Waals surface area contributed by atoms with Crippen LogP contribution in [0.2, 0.25) is 0 Å². The number of amides is 1. The molecule has 0 aromatic heterocycles. The smallest absolute Gasteiger partial charge is 0.330 e. The van der Waals surface area contributed by atoms with Crippen LogP contribution in [0.1, 0.15) is 46.0 Å². The monoisotopic (exact) mass is 241 g/mol. The number of nitrogens with one attached hydrogen (secondary N) is 1. The molecule has 4 nitrogen and oxygen atoms in total. The van der Waals surface area contributed by atoms with E-state index < -0.39 is 5.97 Å². The van der Waals surface area contributed by atoms with E-state index in [4.69, 9.17) is 4.74 Å². The second kappa shape index (κ2) is 11.2. The van der Waals surface area contributed by atoms with E-state index in [-0.39, 0.29) is 5.91 Å². The van der Waals surface area contributed by atoms with Crippen LogP contribution in [0.25, 0.3) is 0 Å². The lowest BCUT2D eigenvalue weighted by atomic mass is 10.2. The van der Waals surface area contributed by atoms with Gasteiger partial charge in [-0.3, -0.25) is 4.79 Å². The van der Waals surface area contributed by atoms with Crippen LogP contribution in [0.4, 0.5) is 0 Å². The lowest BCUT2D eigenvalue weighted by Crippen LogP contribution is -2.21. The van der Waals surface area contributed by atoms with Crippen LogP contribution in [0, 0.1) is 0 Å². The van der Waals surface area contributed by atoms with Crippen molar-refractivity contribution in [3.8, 4) is 0 Å². The maximum Gasteiger partial charge on any atom is 0.330 e. The fourth-order valence-electron chi connectivity index (χ4n) is 1.20. The van der Waals surface area contributed by atoms with E-state index in [9.17, 15) is 9.59 Å². The number of ether oxygens (including phenoxy) is 1. The SMILES string of the molecule is CCCCCCOC(=O)C=CC(=O)NCCC. The third kappa shape index (κ3) is 11.0. The van der Waals surface area contributed by atoms with Crippen LogP contribution in [0.15, 0.2) is 12.2 Å². The molecule has 1 amide bonds. The lowest BCUT2D eigenvalue weighted by Gasteiger charge is -2.01. The summed E-state index contributed by atoms with van der Waals surface area (Å²) in [4.78, 5) is 22.3. The summed E-state index contributed by atoms with van der Waals surface area (Å²) in [6, 6.07) is 0. The Hall–Kier alpha value is -1.32. The molecule has 98 valence electrons. The van der Waals surface area contributed by atoms with Crippen LogP contribution in [0.5, 0.6) is 0 Å². The van der Waals surface area contributed by atoms with Gasteiger partial charge in [0.05, 0.1) is 6.61 Å². The number of rotatable bonds is 9. The third-order valence-corrected chi connectivity index (χ3v) is 2.16. The van der Waals surface area contributed by atoms with Crippen molar-refractivity contribution in [3.63, 3.8) is 0 Å². The number of carbonyl (C=O) groups excluding carboxylic acids is 2. The molecule has 0 saturated carbocycles. The Kier molecular flexibility index (Phi) is 10.3. The average molecular weight is 241 g/mol. The summed E-state index contributed by atoms with van der Waals surface area (Å²) in [5.74, 6) is -0.706. The van der Waals surface area contributed by atoms with Crippen molar-refractivity contribution in [2.75, 3.05) is 13.2 Å². The molecular formula is C13H23NO3. The number of hydrogen-bond donors (Lipinski definition) is 1. The van der Waals surface area contributed by atoms with Gasteiger partial charge in [-0.05, 0) is 12.8 Å². The number of carbonyl (C=O) groups is 2. The second-order valence-electron chi connectivity index (χ2n) is 3.85. The first-order valence-corrected chi connectivity index (χ1v) is 6.33. The molecule has 0 rings (SSSR count). The topological polar surface area (TPSA) is 55.4 Å². The van der Waals surface area contributed by atoms with Gasteiger partial charge >= 0.3 is 5.97 Å². The molecule has 0 unspecified atom stereocenters. The summed E-state index contributed by atoms with van der Waals surface area (Å²) >= 11 is 0. The predicted molar refractivity (Wildman–Crippen MR) is 67.5 cm³/mol. The van der Waals surface area contributed by atoms with E-state index in [2.05, 4.69) is 12.2 Å². The van der Waals surface area contributed by atoms with E-state index in [0.717, 1.165) is 32.1 Å². The lowest BCUT2D eigenvalue weighted by molar-refractivity contribution is -0.138. The zero-order valence-electron chi connectivity index (χ0n) is 10.8. The van der Waals surface area contributed by atoms with Crippen molar-refractivity contribution in [3.05, 3.63) is 12.2 Å². The number of esters is 1. The van der Waals surface area contributed by atoms with E-state index in [1.807, 2.05) is 6.92 Å². The molecule has 0 fully saturated rings. The summed E-state index contributed by atoms with van der Waals surface area (Å²) in [5.41, 5.74) is 0. The van der Waals surface area contributed by atoms with Gasteiger partial charge < -0.3 is 10.1 Å². The first-order valence-electron chi connectivity index (χ1n) is 6.33. The van der Waals surface area contributed by atoms with Crippen molar-refractivity contribution in [2.45, 2.75) is 46.0 Å². The van der Waals surface area contributed by atoms with Crippen molar-refractivity contribution in [1.29, 1.82) is 0 Å². The highest BCUT2D eigenvalue weighted by Gasteiger charge is 1.98. The van der Waals surface area contributed by atoms with Crippen LogP contribution in [0.3, 0.4) is 0 Å². The molecule has 0 aliphatic heterocycles. The molecule has 0 aliphatic carbocycles. The van der Waals surface area contributed by atoms with Gasteiger partial charge in [-0.1, -0.05) is 33.1 Å². The summed E-state index contributed by atoms with van der Waals surface area (Å²) in [7, 11) is 0. The van der Waals surface area contributed by atoms with Crippen LogP contribution < -0.4 is 5.32 Å². The minimum Gasteiger partial charge on any atom is -0.463 e. The fourth-order valence-corrected chi connectivity index (χ4v) is 1.20. The Morgan fingerprint density at radius 2 is 1.82 bits per heavy atom. The molecule has 1 N–H and O–H groups in total. The summed E-state index contributed by atoms with van der Waals surface area (Å²) in [6.07, 6.45) is 7.54. The van der Waals surface area contributed by atoms with E-state index in [1.54, 1.807) is 0 Å². The molecule has 0 aromatic rings. The highest BCUT2D eigenvalue weighted by atomic mass is 16.5. The Balaban J connectivity index is 3.56. The first kappa shape index (κ1) is 15.7. The van der Waals surface area contributed by atoms with Gasteiger partial charge in [-0.15, -0.1) is 0 Å². The third-order valence-electron chi connectivity index (χ3n) is 2.16. The number of unbranched alkanes of at least 4 members (excludes halogenated alkanes) is 3. The van der Waals surface area contributed by atoms with Crippen molar-refractivity contribution < 1.29 is 14.3 Å². The second-order valence-corrected chi connectivity index (χ2v) is 3.85. The zero-order valence-corrected chi connectivity index (χ0v) is 10.8. The molecule has 0 radical (unpaired) electrons. The van der Waals surface area contributed by atoms with Crippen LogP contribution in [-0.2, 0) is 14.3 Å². The first-order chi connectivity index (χ1) is 8.20. The van der Waals surface area contributed by atoms with Gasteiger partial charge in [0.15, 0.2) is 0 Å². The normalized spacial score (nSPS) is 10.5. The van der Waals surface area contributed by atoms with Gasteiger partial charge in [0.2, 0.25) is 5.91 Å². The van der Waals surface area contributed by atoms with Gasteiger partial charge in [0, 0.05) is 18.7 Å². The highest BCUT2D eigenvalue weighted by Crippen LogP contribution is 1.99. The van der Waals surface area contributed by atoms with Gasteiger partial charge in [0.1, 0.15) is 0 Å². The van der Waals surface area contributed by atoms with Gasteiger partial charge in [0.25, 0.3) is 0 Å². The largest absolute Gasteiger partial charge is 0.463 e. The molecule has 4 heteroatoms. The summed E-state index contributed by atoms with van der Waals surface area (Å²) in [6.45, 7) is 5.15. The zero-order chi connectivity index (χ0) is 12.9. The molecule has 0 heterocycles. The molecule has 0 atom stereocenters. The fraction of sp³-hybridized carbons (Fsp3) is 0.692. The molecular weight excluding hydrogens is 218 g/mol. The van der Waals surface area contributed by atoms with E-state index in [1.165, 1.54) is 12.2 Å². The van der Waals surface area contributed by atoms with Gasteiger partial charge in [-0.25, -0.2) is 4.79 Å². The van der Waals surface area contributed by atoms with Crippen molar-refractivity contribution >= 4 is 11.9 Å². The maximum atomic E-state index is 11.2. The van der Waals surface area contributed by atoms with Crippen molar-refractivity contribution in [1.82, 2.24) is 5.32 Å². The standard InChI is InChI=1S/C13H23NO3/c1-3-5-6-7-11-17-13(16)9-8-12(15)14-10-4-2/h8-9H,3-7,10-11H2,1-2H3,(H,14,15). The average Bonchev–Trinajstić information content (AvgIpc) is 2.33. The van der Waals surface area contributed by atoms with E-state index >= 15 is 0 Å².